The third-order valence-corrected chi connectivity index (χ3v) is 5.98. The molecule has 1 N–H and O–H groups in total. The Morgan fingerprint density at radius 1 is 1.14 bits per heavy atom. The van der Waals surface area contributed by atoms with Gasteiger partial charge in [0.15, 0.2) is 5.13 Å². The van der Waals surface area contributed by atoms with Crippen LogP contribution in [0.3, 0.4) is 0 Å². The van der Waals surface area contributed by atoms with Crippen molar-refractivity contribution in [2.24, 2.45) is 0 Å². The number of rotatable bonds is 6. The van der Waals surface area contributed by atoms with E-state index in [0.717, 1.165) is 32.0 Å². The Balaban J connectivity index is 1.33. The highest BCUT2D eigenvalue weighted by Crippen LogP contribution is 2.28. The van der Waals surface area contributed by atoms with Gasteiger partial charge in [0.1, 0.15) is 11.6 Å². The normalized spacial score (nSPS) is 11.1. The summed E-state index contributed by atoms with van der Waals surface area (Å²) in [4.78, 5) is 21.2. The number of fused-ring (bicyclic) bond motifs is 1. The molecule has 0 aliphatic rings. The minimum atomic E-state index is -0.219. The minimum Gasteiger partial charge on any atom is -0.364 e. The topological polar surface area (TPSA) is 64.1 Å². The molecule has 4 rings (SSSR count). The van der Waals surface area contributed by atoms with Gasteiger partial charge < -0.3 is 4.74 Å². The summed E-state index contributed by atoms with van der Waals surface area (Å²) >= 11 is 2.99. The fraction of sp³-hybridized carbons (Fsp3) is 0.190. The number of nitrogens with one attached hydrogen (secondary N) is 1. The molecule has 0 atom stereocenters. The molecule has 0 radical (unpaired) electrons. The minimum absolute atomic E-state index is 0.0334. The van der Waals surface area contributed by atoms with Crippen molar-refractivity contribution in [3.05, 3.63) is 64.0 Å². The third-order valence-electron chi connectivity index (χ3n) is 4.22. The van der Waals surface area contributed by atoms with Crippen LogP contribution in [0, 0.1) is 13.8 Å². The summed E-state index contributed by atoms with van der Waals surface area (Å²) in [6, 6.07) is 14.2. The molecule has 2 aromatic heterocycles. The first-order valence-electron chi connectivity index (χ1n) is 8.84. The van der Waals surface area contributed by atoms with Gasteiger partial charge in [0.25, 0.3) is 5.91 Å². The second kappa shape index (κ2) is 8.18. The second-order valence-electron chi connectivity index (χ2n) is 6.47. The maximum absolute atomic E-state index is 12.2. The lowest BCUT2D eigenvalue weighted by molar-refractivity contribution is -0.121. The smallest absolute Gasteiger partial charge is 0.252 e. The lowest BCUT2D eigenvalue weighted by Gasteiger charge is -2.04. The van der Waals surface area contributed by atoms with Crippen molar-refractivity contribution in [3.8, 4) is 11.3 Å². The van der Waals surface area contributed by atoms with E-state index in [-0.39, 0.29) is 12.5 Å². The fourth-order valence-electron chi connectivity index (χ4n) is 2.83. The molecular weight excluding hydrogens is 390 g/mol. The van der Waals surface area contributed by atoms with Crippen LogP contribution in [0.5, 0.6) is 0 Å². The number of hydrogen-bond acceptors (Lipinski definition) is 6. The number of thiazole rings is 2. The number of carbonyl (C=O) groups excluding carboxylic acids is 1. The Morgan fingerprint density at radius 3 is 2.86 bits per heavy atom. The number of para-hydroxylation sites is 1. The number of benzene rings is 2. The SMILES string of the molecule is Cc1ccc(C)c(-c2csc(NC(=O)COCc3nc4ccccc4s3)n2)c1. The number of amides is 1. The number of aromatic nitrogens is 2. The van der Waals surface area contributed by atoms with Crippen LogP contribution in [-0.4, -0.2) is 22.5 Å². The molecule has 4 aromatic rings. The molecule has 1 amide bonds. The van der Waals surface area contributed by atoms with Gasteiger partial charge in [0.05, 0.1) is 22.5 Å². The standard InChI is InChI=1S/C21H19N3O2S2/c1-13-7-8-14(2)15(9-13)17-12-27-21(23-17)24-19(25)10-26-11-20-22-16-5-3-4-6-18(16)28-20/h3-9,12H,10-11H2,1-2H3,(H,23,24,25). The molecule has 142 valence electrons. The van der Waals surface area contributed by atoms with Crippen LogP contribution in [0.15, 0.2) is 47.8 Å². The van der Waals surface area contributed by atoms with E-state index >= 15 is 0 Å². The van der Waals surface area contributed by atoms with Crippen molar-refractivity contribution >= 4 is 43.9 Å². The molecule has 2 aromatic carbocycles. The maximum atomic E-state index is 12.2. The van der Waals surface area contributed by atoms with Crippen LogP contribution in [0.2, 0.25) is 0 Å². The van der Waals surface area contributed by atoms with E-state index in [9.17, 15) is 4.79 Å². The van der Waals surface area contributed by atoms with Crippen molar-refractivity contribution in [2.45, 2.75) is 20.5 Å². The second-order valence-corrected chi connectivity index (χ2v) is 8.45. The molecule has 0 fully saturated rings. The molecule has 7 heteroatoms. The maximum Gasteiger partial charge on any atom is 0.252 e. The van der Waals surface area contributed by atoms with E-state index in [2.05, 4.69) is 47.3 Å². The van der Waals surface area contributed by atoms with Crippen LogP contribution in [0.1, 0.15) is 16.1 Å². The van der Waals surface area contributed by atoms with Crippen LogP contribution < -0.4 is 5.32 Å². The van der Waals surface area contributed by atoms with Gasteiger partial charge in [-0.25, -0.2) is 9.97 Å². The first-order chi connectivity index (χ1) is 13.6. The van der Waals surface area contributed by atoms with Gasteiger partial charge in [-0.05, 0) is 37.6 Å². The van der Waals surface area contributed by atoms with Gasteiger partial charge in [-0.3, -0.25) is 10.1 Å². The van der Waals surface area contributed by atoms with Crippen LogP contribution in [0.25, 0.3) is 21.5 Å². The first kappa shape index (κ1) is 18.7. The summed E-state index contributed by atoms with van der Waals surface area (Å²) < 4.78 is 6.64. The summed E-state index contributed by atoms with van der Waals surface area (Å²) in [6.45, 7) is 4.40. The quantitative estimate of drug-likeness (QED) is 0.476. The van der Waals surface area contributed by atoms with Crippen molar-refractivity contribution in [2.75, 3.05) is 11.9 Å². The summed E-state index contributed by atoms with van der Waals surface area (Å²) in [5.41, 5.74) is 5.26. The molecule has 0 saturated heterocycles. The number of aryl methyl sites for hydroxylation is 2. The summed E-state index contributed by atoms with van der Waals surface area (Å²) in [5, 5.41) is 6.20. The number of ether oxygens (including phenoxy) is 1. The van der Waals surface area contributed by atoms with Crippen LogP contribution >= 0.6 is 22.7 Å². The monoisotopic (exact) mass is 409 g/mol. The highest BCUT2D eigenvalue weighted by Gasteiger charge is 2.11. The van der Waals surface area contributed by atoms with Crippen molar-refractivity contribution < 1.29 is 9.53 Å². The molecule has 28 heavy (non-hydrogen) atoms. The van der Waals surface area contributed by atoms with Gasteiger partial charge in [-0.15, -0.1) is 22.7 Å². The summed E-state index contributed by atoms with van der Waals surface area (Å²) in [6.07, 6.45) is 0. The van der Waals surface area contributed by atoms with E-state index in [1.807, 2.05) is 29.6 Å². The van der Waals surface area contributed by atoms with Crippen molar-refractivity contribution in [1.82, 2.24) is 9.97 Å². The van der Waals surface area contributed by atoms with E-state index in [1.165, 1.54) is 16.9 Å². The molecule has 0 spiro atoms. The van der Waals surface area contributed by atoms with E-state index in [4.69, 9.17) is 4.74 Å². The molecule has 2 heterocycles. The molecule has 0 unspecified atom stereocenters. The summed E-state index contributed by atoms with van der Waals surface area (Å²) in [7, 11) is 0. The predicted molar refractivity (Wildman–Crippen MR) is 115 cm³/mol. The Morgan fingerprint density at radius 2 is 2.00 bits per heavy atom. The van der Waals surface area contributed by atoms with Crippen molar-refractivity contribution in [3.63, 3.8) is 0 Å². The lowest BCUT2D eigenvalue weighted by Crippen LogP contribution is -2.18. The molecule has 0 saturated carbocycles. The number of hydrogen-bond donors (Lipinski definition) is 1. The van der Waals surface area contributed by atoms with Crippen LogP contribution in [0.4, 0.5) is 5.13 Å². The van der Waals surface area contributed by atoms with Gasteiger partial charge in [0, 0.05) is 10.9 Å². The average molecular weight is 410 g/mol. The van der Waals surface area contributed by atoms with Gasteiger partial charge in [-0.2, -0.15) is 0 Å². The molecule has 0 aliphatic carbocycles. The number of carbonyl (C=O) groups is 1. The van der Waals surface area contributed by atoms with Crippen LogP contribution in [-0.2, 0) is 16.1 Å². The zero-order valence-electron chi connectivity index (χ0n) is 15.6. The van der Waals surface area contributed by atoms with Gasteiger partial charge in [-0.1, -0.05) is 29.8 Å². The predicted octanol–water partition coefficient (Wildman–Crippen LogP) is 5.19. The average Bonchev–Trinajstić information content (AvgIpc) is 3.30. The largest absolute Gasteiger partial charge is 0.364 e. The molecule has 0 bridgehead atoms. The zero-order chi connectivity index (χ0) is 19.5. The number of anilines is 1. The molecular formula is C21H19N3O2S2. The van der Waals surface area contributed by atoms with E-state index < -0.39 is 0 Å². The molecule has 0 aliphatic heterocycles. The van der Waals surface area contributed by atoms with E-state index in [1.54, 1.807) is 11.3 Å². The number of nitrogens with zero attached hydrogens (tertiary/aromatic N) is 2. The van der Waals surface area contributed by atoms with Gasteiger partial charge >= 0.3 is 0 Å². The first-order valence-corrected chi connectivity index (χ1v) is 10.5. The fourth-order valence-corrected chi connectivity index (χ4v) is 4.47. The Labute approximate surface area is 171 Å². The summed E-state index contributed by atoms with van der Waals surface area (Å²) in [5.74, 6) is -0.219. The Bertz CT molecular complexity index is 1100. The molecule has 5 nitrogen and oxygen atoms in total. The zero-order valence-corrected chi connectivity index (χ0v) is 17.2. The highest BCUT2D eigenvalue weighted by atomic mass is 32.1. The Kier molecular flexibility index (Phi) is 5.47. The Hall–Kier alpha value is -2.61. The van der Waals surface area contributed by atoms with E-state index in [0.29, 0.717) is 11.7 Å². The highest BCUT2D eigenvalue weighted by molar-refractivity contribution is 7.18. The lowest BCUT2D eigenvalue weighted by atomic mass is 10.0. The van der Waals surface area contributed by atoms with Crippen molar-refractivity contribution in [1.29, 1.82) is 0 Å². The van der Waals surface area contributed by atoms with Gasteiger partial charge in [0.2, 0.25) is 0 Å². The third kappa shape index (κ3) is 4.27.